The van der Waals surface area contributed by atoms with Crippen molar-refractivity contribution in [3.05, 3.63) is 36.7 Å². The molecule has 2 rings (SSSR count). The lowest BCUT2D eigenvalue weighted by Gasteiger charge is -2.15. The third-order valence-electron chi connectivity index (χ3n) is 2.93. The lowest BCUT2D eigenvalue weighted by molar-refractivity contribution is 0.103. The average Bonchev–Trinajstić information content (AvgIpc) is 2.94. The molecule has 2 heterocycles. The van der Waals surface area contributed by atoms with Gasteiger partial charge in [0.25, 0.3) is 5.91 Å². The third-order valence-corrected chi connectivity index (χ3v) is 6.09. The number of hydrogen-bond donors (Lipinski definition) is 1. The van der Waals surface area contributed by atoms with Gasteiger partial charge in [-0.2, -0.15) is 5.26 Å². The molecule has 21 heavy (non-hydrogen) atoms. The van der Waals surface area contributed by atoms with Crippen molar-refractivity contribution in [1.29, 1.82) is 5.26 Å². The van der Waals surface area contributed by atoms with Crippen LogP contribution in [-0.2, 0) is 5.41 Å². The molecule has 0 saturated carbocycles. The first kappa shape index (κ1) is 16.0. The van der Waals surface area contributed by atoms with Gasteiger partial charge in [-0.1, -0.05) is 32.4 Å². The maximum atomic E-state index is 12.3. The number of anilines is 1. The minimum absolute atomic E-state index is 0.0591. The molecule has 0 fully saturated rings. The molecule has 3 nitrogen and oxygen atoms in total. The molecule has 0 aliphatic carbocycles. The van der Waals surface area contributed by atoms with Gasteiger partial charge in [0.05, 0.1) is 10.7 Å². The van der Waals surface area contributed by atoms with E-state index < -0.39 is 0 Å². The molecule has 0 saturated heterocycles. The zero-order valence-corrected chi connectivity index (χ0v) is 14.6. The average molecular weight is 339 g/mol. The number of carbonyl (C=O) groups excluding carboxylic acids is 1. The van der Waals surface area contributed by atoms with E-state index in [1.54, 1.807) is 0 Å². The Hall–Kier alpha value is -1.35. The Labute approximate surface area is 137 Å². The molecule has 2 aromatic rings. The normalized spacial score (nSPS) is 11.2. The second kappa shape index (κ2) is 5.80. The van der Waals surface area contributed by atoms with Gasteiger partial charge in [-0.05, 0) is 29.3 Å². The van der Waals surface area contributed by atoms with E-state index in [1.807, 2.05) is 18.4 Å². The second-order valence-electron chi connectivity index (χ2n) is 5.73. The summed E-state index contributed by atoms with van der Waals surface area (Å²) in [5, 5.41) is 14.3. The standard InChI is InChI=1S/C15H15ClN2OS2/c1-8-7-20-13(12(8)16)14(19)18-9-5-11(15(2,3)4)21-10(9)6-17/h5,7H,1-4H3,(H,18,19). The summed E-state index contributed by atoms with van der Waals surface area (Å²) in [6.45, 7) is 8.08. The van der Waals surface area contributed by atoms with Crippen molar-refractivity contribution in [2.45, 2.75) is 33.1 Å². The Bertz CT molecular complexity index is 732. The number of nitriles is 1. The van der Waals surface area contributed by atoms with Crippen LogP contribution in [0.25, 0.3) is 0 Å². The lowest BCUT2D eigenvalue weighted by atomic mass is 9.94. The number of carbonyl (C=O) groups is 1. The van der Waals surface area contributed by atoms with Crippen LogP contribution in [0.4, 0.5) is 5.69 Å². The Balaban J connectivity index is 2.32. The topological polar surface area (TPSA) is 52.9 Å². The highest BCUT2D eigenvalue weighted by molar-refractivity contribution is 7.13. The summed E-state index contributed by atoms with van der Waals surface area (Å²) in [6.07, 6.45) is 0. The molecule has 0 aliphatic rings. The minimum Gasteiger partial charge on any atom is -0.319 e. The zero-order chi connectivity index (χ0) is 15.8. The molecule has 0 atom stereocenters. The summed E-state index contributed by atoms with van der Waals surface area (Å²) >= 11 is 8.82. The van der Waals surface area contributed by atoms with Crippen LogP contribution in [0.15, 0.2) is 11.4 Å². The van der Waals surface area contributed by atoms with Gasteiger partial charge in [-0.3, -0.25) is 4.79 Å². The second-order valence-corrected chi connectivity index (χ2v) is 8.04. The number of nitrogens with zero attached hydrogens (tertiary/aromatic N) is 1. The van der Waals surface area contributed by atoms with Crippen LogP contribution in [0, 0.1) is 18.3 Å². The van der Waals surface area contributed by atoms with Gasteiger partial charge in [0.15, 0.2) is 0 Å². The monoisotopic (exact) mass is 338 g/mol. The Morgan fingerprint density at radius 1 is 1.43 bits per heavy atom. The summed E-state index contributed by atoms with van der Waals surface area (Å²) in [4.78, 5) is 14.3. The predicted molar refractivity (Wildman–Crippen MR) is 89.8 cm³/mol. The first-order chi connectivity index (χ1) is 9.74. The number of hydrogen-bond acceptors (Lipinski definition) is 4. The molecule has 0 spiro atoms. The van der Waals surface area contributed by atoms with Gasteiger partial charge in [0.1, 0.15) is 15.8 Å². The molecule has 1 N–H and O–H groups in total. The third kappa shape index (κ3) is 3.29. The molecule has 2 aromatic heterocycles. The van der Waals surface area contributed by atoms with Crippen molar-refractivity contribution in [2.75, 3.05) is 5.32 Å². The van der Waals surface area contributed by atoms with E-state index >= 15 is 0 Å². The summed E-state index contributed by atoms with van der Waals surface area (Å²) in [6, 6.07) is 4.01. The maximum absolute atomic E-state index is 12.3. The number of amides is 1. The molecule has 110 valence electrons. The van der Waals surface area contributed by atoms with Crippen molar-refractivity contribution < 1.29 is 4.79 Å². The molecule has 0 unspecified atom stereocenters. The Morgan fingerprint density at radius 3 is 2.57 bits per heavy atom. The molecule has 0 radical (unpaired) electrons. The van der Waals surface area contributed by atoms with Crippen LogP contribution >= 0.6 is 34.3 Å². The van der Waals surface area contributed by atoms with Crippen LogP contribution < -0.4 is 5.32 Å². The Morgan fingerprint density at radius 2 is 2.10 bits per heavy atom. The first-order valence-electron chi connectivity index (χ1n) is 6.33. The van der Waals surface area contributed by atoms with Crippen molar-refractivity contribution in [3.8, 4) is 6.07 Å². The predicted octanol–water partition coefficient (Wildman–Crippen LogP) is 5.19. The fraction of sp³-hybridized carbons (Fsp3) is 0.333. The van der Waals surface area contributed by atoms with Crippen LogP contribution in [-0.4, -0.2) is 5.91 Å². The lowest BCUT2D eigenvalue weighted by Crippen LogP contribution is -2.11. The largest absolute Gasteiger partial charge is 0.319 e. The van der Waals surface area contributed by atoms with E-state index in [1.165, 1.54) is 22.7 Å². The van der Waals surface area contributed by atoms with E-state index in [4.69, 9.17) is 11.6 Å². The SMILES string of the molecule is Cc1csc(C(=O)Nc2cc(C(C)(C)C)sc2C#N)c1Cl. The summed E-state index contributed by atoms with van der Waals surface area (Å²) in [7, 11) is 0. The van der Waals surface area contributed by atoms with Gasteiger partial charge in [0.2, 0.25) is 0 Å². The molecular weight excluding hydrogens is 324 g/mol. The Kier molecular flexibility index (Phi) is 4.43. The molecular formula is C15H15ClN2OS2. The maximum Gasteiger partial charge on any atom is 0.267 e. The van der Waals surface area contributed by atoms with Crippen LogP contribution in [0.5, 0.6) is 0 Å². The molecule has 0 aromatic carbocycles. The smallest absolute Gasteiger partial charge is 0.267 e. The van der Waals surface area contributed by atoms with Crippen LogP contribution in [0.2, 0.25) is 5.02 Å². The fourth-order valence-electron chi connectivity index (χ4n) is 1.70. The molecule has 1 amide bonds. The van der Waals surface area contributed by atoms with Gasteiger partial charge in [-0.25, -0.2) is 0 Å². The fourth-order valence-corrected chi connectivity index (χ4v) is 3.84. The number of thiophene rings is 2. The zero-order valence-electron chi connectivity index (χ0n) is 12.2. The van der Waals surface area contributed by atoms with Crippen molar-refractivity contribution >= 4 is 45.9 Å². The number of aryl methyl sites for hydroxylation is 1. The van der Waals surface area contributed by atoms with E-state index in [0.29, 0.717) is 20.5 Å². The van der Waals surface area contributed by atoms with E-state index in [0.717, 1.165) is 10.4 Å². The highest BCUT2D eigenvalue weighted by Gasteiger charge is 2.22. The molecule has 6 heteroatoms. The molecule has 0 aliphatic heterocycles. The van der Waals surface area contributed by atoms with Gasteiger partial charge in [0, 0.05) is 4.88 Å². The minimum atomic E-state index is -0.271. The number of rotatable bonds is 2. The van der Waals surface area contributed by atoms with E-state index in [2.05, 4.69) is 32.2 Å². The highest BCUT2D eigenvalue weighted by atomic mass is 35.5. The summed E-state index contributed by atoms with van der Waals surface area (Å²) < 4.78 is 0. The van der Waals surface area contributed by atoms with Crippen LogP contribution in [0.1, 0.15) is 45.8 Å². The van der Waals surface area contributed by atoms with Crippen molar-refractivity contribution in [1.82, 2.24) is 0 Å². The van der Waals surface area contributed by atoms with Gasteiger partial charge < -0.3 is 5.32 Å². The van der Waals surface area contributed by atoms with Crippen LogP contribution in [0.3, 0.4) is 0 Å². The van der Waals surface area contributed by atoms with Crippen molar-refractivity contribution in [2.24, 2.45) is 0 Å². The molecule has 0 bridgehead atoms. The highest BCUT2D eigenvalue weighted by Crippen LogP contribution is 2.36. The van der Waals surface area contributed by atoms with Gasteiger partial charge >= 0.3 is 0 Å². The number of halogens is 1. The number of nitrogens with one attached hydrogen (secondary N) is 1. The summed E-state index contributed by atoms with van der Waals surface area (Å²) in [5.41, 5.74) is 1.38. The van der Waals surface area contributed by atoms with E-state index in [-0.39, 0.29) is 11.3 Å². The van der Waals surface area contributed by atoms with Gasteiger partial charge in [-0.15, -0.1) is 22.7 Å². The summed E-state index contributed by atoms with van der Waals surface area (Å²) in [5.74, 6) is -0.271. The van der Waals surface area contributed by atoms with E-state index in [9.17, 15) is 10.1 Å². The first-order valence-corrected chi connectivity index (χ1v) is 8.40. The van der Waals surface area contributed by atoms with Crippen molar-refractivity contribution in [3.63, 3.8) is 0 Å². The quantitative estimate of drug-likeness (QED) is 0.818.